The lowest BCUT2D eigenvalue weighted by Gasteiger charge is -2.52. The highest BCUT2D eigenvalue weighted by atomic mass is 32.1. The predicted octanol–water partition coefficient (Wildman–Crippen LogP) is 2.85. The van der Waals surface area contributed by atoms with Gasteiger partial charge in [0.25, 0.3) is 0 Å². The molecular formula is C19H34N5O3PS. The van der Waals surface area contributed by atoms with Crippen LogP contribution in [0.1, 0.15) is 46.5 Å². The second-order valence-electron chi connectivity index (χ2n) is 8.64. The summed E-state index contributed by atoms with van der Waals surface area (Å²) in [7, 11) is -2.18. The van der Waals surface area contributed by atoms with Crippen LogP contribution in [-0.2, 0) is 14.3 Å². The van der Waals surface area contributed by atoms with Crippen molar-refractivity contribution < 1.29 is 14.3 Å². The minimum atomic E-state index is -2.18. The zero-order valence-electron chi connectivity index (χ0n) is 17.9. The second kappa shape index (κ2) is 10.1. The monoisotopic (exact) mass is 443 g/mol. The van der Waals surface area contributed by atoms with Crippen LogP contribution < -0.4 is 5.43 Å². The quantitative estimate of drug-likeness (QED) is 0.408. The molecule has 10 heteroatoms. The molecule has 164 valence electrons. The summed E-state index contributed by atoms with van der Waals surface area (Å²) < 4.78 is 21.4. The van der Waals surface area contributed by atoms with E-state index in [0.29, 0.717) is 44.4 Å². The molecule has 0 spiro atoms. The number of morpholine rings is 2. The number of carbonyl (C=O) groups is 1. The van der Waals surface area contributed by atoms with Gasteiger partial charge in [0.15, 0.2) is 0 Å². The highest BCUT2D eigenvalue weighted by molar-refractivity contribution is 7.81. The van der Waals surface area contributed by atoms with Crippen molar-refractivity contribution in [1.29, 1.82) is 0 Å². The first-order valence-corrected chi connectivity index (χ1v) is 12.5. The van der Waals surface area contributed by atoms with Crippen LogP contribution >= 0.6 is 19.6 Å². The maximum absolute atomic E-state index is 11.7. The van der Waals surface area contributed by atoms with Crippen molar-refractivity contribution in [2.24, 2.45) is 9.85 Å². The Balaban J connectivity index is 1.92. The summed E-state index contributed by atoms with van der Waals surface area (Å²) in [6.07, 6.45) is 2.78. The van der Waals surface area contributed by atoms with Gasteiger partial charge in [0.05, 0.1) is 26.4 Å². The number of ether oxygens (including phenoxy) is 2. The Kier molecular flexibility index (Phi) is 7.98. The molecule has 3 rings (SSSR count). The van der Waals surface area contributed by atoms with Crippen LogP contribution in [0.25, 0.3) is 0 Å². The summed E-state index contributed by atoms with van der Waals surface area (Å²) in [5.41, 5.74) is 3.86. The SMILES string of the molecule is CC(C)(C)P(=NC(=S)N/N=C1\CCCC(=O)C1)(N1CCOCC1)N1CCOCC1. The number of hydrogen-bond acceptors (Lipinski definition) is 5. The molecule has 3 aliphatic rings. The molecule has 0 amide bonds. The highest BCUT2D eigenvalue weighted by Crippen LogP contribution is 2.66. The van der Waals surface area contributed by atoms with E-state index in [0.717, 1.165) is 44.7 Å². The molecule has 0 aromatic heterocycles. The van der Waals surface area contributed by atoms with Gasteiger partial charge in [-0.2, -0.15) is 5.10 Å². The zero-order chi connectivity index (χ0) is 20.9. The van der Waals surface area contributed by atoms with Crippen molar-refractivity contribution in [2.45, 2.75) is 51.6 Å². The number of hydrazone groups is 1. The Morgan fingerprint density at radius 1 is 1.03 bits per heavy atom. The van der Waals surface area contributed by atoms with Gasteiger partial charge in [-0.25, -0.2) is 4.74 Å². The average Bonchev–Trinajstić information content (AvgIpc) is 2.71. The van der Waals surface area contributed by atoms with Crippen molar-refractivity contribution >= 4 is 36.2 Å². The minimum absolute atomic E-state index is 0.0959. The van der Waals surface area contributed by atoms with Gasteiger partial charge < -0.3 is 9.47 Å². The number of Topliss-reactive ketones (excluding diaryl/α,β-unsaturated/α-hetero) is 1. The molecule has 8 nitrogen and oxygen atoms in total. The fourth-order valence-electron chi connectivity index (χ4n) is 4.23. The summed E-state index contributed by atoms with van der Waals surface area (Å²) in [4.78, 5) is 11.7. The van der Waals surface area contributed by atoms with Crippen LogP contribution in [0.4, 0.5) is 0 Å². The summed E-state index contributed by atoms with van der Waals surface area (Å²) in [5, 5.41) is 4.74. The van der Waals surface area contributed by atoms with E-state index in [1.165, 1.54) is 0 Å². The predicted molar refractivity (Wildman–Crippen MR) is 121 cm³/mol. The van der Waals surface area contributed by atoms with Crippen molar-refractivity contribution in [1.82, 2.24) is 14.8 Å². The fraction of sp³-hybridized carbons (Fsp3) is 0.842. The van der Waals surface area contributed by atoms with E-state index in [1.807, 2.05) is 0 Å². The molecule has 2 saturated heterocycles. The van der Waals surface area contributed by atoms with Gasteiger partial charge in [0.2, 0.25) is 5.11 Å². The van der Waals surface area contributed by atoms with Crippen molar-refractivity contribution in [3.63, 3.8) is 0 Å². The molecule has 29 heavy (non-hydrogen) atoms. The second-order valence-corrected chi connectivity index (χ2v) is 12.8. The molecule has 0 unspecified atom stereocenters. The average molecular weight is 444 g/mol. The Morgan fingerprint density at radius 2 is 1.59 bits per heavy atom. The Hall–Kier alpha value is -0.700. The van der Waals surface area contributed by atoms with Gasteiger partial charge in [-0.3, -0.25) is 19.6 Å². The van der Waals surface area contributed by atoms with Crippen LogP contribution in [0.15, 0.2) is 9.85 Å². The molecule has 0 aromatic rings. The van der Waals surface area contributed by atoms with E-state index < -0.39 is 7.36 Å². The third-order valence-corrected chi connectivity index (χ3v) is 10.5. The summed E-state index contributed by atoms with van der Waals surface area (Å²) in [6.45, 7) is 13.0. The van der Waals surface area contributed by atoms with Gasteiger partial charge in [-0.15, -0.1) is 0 Å². The van der Waals surface area contributed by atoms with E-state index >= 15 is 0 Å². The van der Waals surface area contributed by atoms with Crippen molar-refractivity contribution in [2.75, 3.05) is 52.6 Å². The van der Waals surface area contributed by atoms with E-state index in [4.69, 9.17) is 26.4 Å². The first-order valence-electron chi connectivity index (χ1n) is 10.5. The molecule has 0 bridgehead atoms. The Bertz CT molecular complexity index is 672. The standard InChI is InChI=1S/C19H34N5O3PS/c1-19(2,3)28(23-7-11-26-12-8-23,24-9-13-27-14-10-24)22-18(29)21-20-16-5-4-6-17(25)15-16/h4-15H2,1-3H3,(H,21,29)/b20-16+. The molecule has 3 fully saturated rings. The number of hydrogen-bond donors (Lipinski definition) is 1. The van der Waals surface area contributed by atoms with Crippen LogP contribution in [0, 0.1) is 0 Å². The number of nitrogens with one attached hydrogen (secondary N) is 1. The van der Waals surface area contributed by atoms with Gasteiger partial charge in [-0.1, -0.05) is 20.8 Å². The molecule has 1 aliphatic carbocycles. The van der Waals surface area contributed by atoms with E-state index in [-0.39, 0.29) is 10.9 Å². The molecule has 0 atom stereocenters. The van der Waals surface area contributed by atoms with Gasteiger partial charge in [0, 0.05) is 49.9 Å². The minimum Gasteiger partial charge on any atom is -0.379 e. The molecular weight excluding hydrogens is 409 g/mol. The number of rotatable bonds is 3. The molecule has 1 N–H and O–H groups in total. The zero-order valence-corrected chi connectivity index (χ0v) is 19.6. The molecule has 2 aliphatic heterocycles. The third-order valence-electron chi connectivity index (χ3n) is 5.53. The molecule has 2 heterocycles. The maximum atomic E-state index is 11.7. The van der Waals surface area contributed by atoms with E-state index in [2.05, 4.69) is 40.6 Å². The fourth-order valence-corrected chi connectivity index (χ4v) is 8.97. The Morgan fingerprint density at radius 3 is 2.07 bits per heavy atom. The normalized spacial score (nSPS) is 24.5. The topological polar surface area (TPSA) is 78.8 Å². The lowest BCUT2D eigenvalue weighted by molar-refractivity contribution is -0.118. The number of thiocarbonyl (C=S) groups is 1. The Labute approximate surface area is 179 Å². The molecule has 0 radical (unpaired) electrons. The number of ketones is 1. The largest absolute Gasteiger partial charge is 0.379 e. The third kappa shape index (κ3) is 5.51. The van der Waals surface area contributed by atoms with Crippen LogP contribution in [0.5, 0.6) is 0 Å². The first kappa shape index (κ1) is 23.0. The van der Waals surface area contributed by atoms with Gasteiger partial charge >= 0.3 is 0 Å². The van der Waals surface area contributed by atoms with Gasteiger partial charge in [0.1, 0.15) is 13.1 Å². The summed E-state index contributed by atoms with van der Waals surface area (Å²) >= 11 is 5.65. The number of carbonyl (C=O) groups excluding carboxylic acids is 1. The van der Waals surface area contributed by atoms with Crippen LogP contribution in [0.3, 0.4) is 0 Å². The lowest BCUT2D eigenvalue weighted by atomic mass is 9.97. The van der Waals surface area contributed by atoms with Crippen LogP contribution in [0.2, 0.25) is 0 Å². The van der Waals surface area contributed by atoms with E-state index in [9.17, 15) is 4.79 Å². The number of nitrogens with zero attached hydrogens (tertiary/aromatic N) is 4. The van der Waals surface area contributed by atoms with Crippen LogP contribution in [-0.4, -0.2) is 83.7 Å². The summed E-state index contributed by atoms with van der Waals surface area (Å²) in [6, 6.07) is 0. The summed E-state index contributed by atoms with van der Waals surface area (Å²) in [5.74, 6) is 0.248. The van der Waals surface area contributed by atoms with E-state index in [1.54, 1.807) is 0 Å². The maximum Gasteiger partial charge on any atom is 0.214 e. The smallest absolute Gasteiger partial charge is 0.214 e. The van der Waals surface area contributed by atoms with Crippen molar-refractivity contribution in [3.8, 4) is 0 Å². The molecule has 0 aromatic carbocycles. The molecule has 1 saturated carbocycles. The van der Waals surface area contributed by atoms with Crippen molar-refractivity contribution in [3.05, 3.63) is 0 Å². The lowest BCUT2D eigenvalue weighted by Crippen LogP contribution is -2.48. The first-order chi connectivity index (χ1) is 13.8. The van der Waals surface area contributed by atoms with Gasteiger partial charge in [-0.05, 0) is 25.1 Å². The highest BCUT2D eigenvalue weighted by Gasteiger charge is 2.45.